The number of carbonyl (C=O) groups is 1. The van der Waals surface area contributed by atoms with E-state index in [4.69, 9.17) is 0 Å². The number of hydrogen-bond acceptors (Lipinski definition) is 3. The summed E-state index contributed by atoms with van der Waals surface area (Å²) in [5.41, 5.74) is 0.682. The van der Waals surface area contributed by atoms with Gasteiger partial charge in [-0.15, -0.1) is 0 Å². The van der Waals surface area contributed by atoms with Gasteiger partial charge in [0.1, 0.15) is 5.56 Å². The van der Waals surface area contributed by atoms with E-state index in [0.717, 1.165) is 25.7 Å². The van der Waals surface area contributed by atoms with E-state index in [1.165, 1.54) is 6.07 Å². The second kappa shape index (κ2) is 6.35. The van der Waals surface area contributed by atoms with Gasteiger partial charge in [0.15, 0.2) is 0 Å². The van der Waals surface area contributed by atoms with Crippen LogP contribution in [0, 0.1) is 17.0 Å². The number of nitrogens with one attached hydrogen (secondary N) is 1. The number of carbonyl (C=O) groups excluding carboxylic acids is 1. The summed E-state index contributed by atoms with van der Waals surface area (Å²) in [6, 6.07) is 4.80. The molecule has 0 unspecified atom stereocenters. The largest absolute Gasteiger partial charge is 0.349 e. The molecule has 1 aromatic carbocycles. The van der Waals surface area contributed by atoms with Crippen LogP contribution in [0.1, 0.15) is 41.6 Å². The minimum absolute atomic E-state index is 0.107. The fourth-order valence-corrected chi connectivity index (χ4v) is 3.08. The topological polar surface area (TPSA) is 72.2 Å². The first-order valence-electron chi connectivity index (χ1n) is 6.68. The number of benzene rings is 1. The van der Waals surface area contributed by atoms with Crippen molar-refractivity contribution in [1.29, 1.82) is 0 Å². The summed E-state index contributed by atoms with van der Waals surface area (Å²) in [7, 11) is 0. The third-order valence-electron chi connectivity index (χ3n) is 3.67. The molecule has 1 aliphatic carbocycles. The van der Waals surface area contributed by atoms with E-state index in [9.17, 15) is 14.9 Å². The van der Waals surface area contributed by atoms with Crippen LogP contribution in [0.3, 0.4) is 0 Å². The monoisotopic (exact) mass is 340 g/mol. The molecule has 108 valence electrons. The molecule has 0 heterocycles. The molecule has 1 amide bonds. The standard InChI is InChI=1S/C14H17BrN2O3/c1-9-3-2-4-12(17(19)20)13(9)14(18)16-11-7-5-10(15)6-8-11/h2-4,10-11H,5-8H2,1H3,(H,16,18). The molecule has 1 aromatic rings. The molecule has 2 rings (SSSR count). The maximum Gasteiger partial charge on any atom is 0.282 e. The van der Waals surface area contributed by atoms with E-state index < -0.39 is 4.92 Å². The van der Waals surface area contributed by atoms with Gasteiger partial charge in [0.25, 0.3) is 11.6 Å². The maximum absolute atomic E-state index is 12.3. The van der Waals surface area contributed by atoms with Crippen LogP contribution in [0.5, 0.6) is 0 Å². The Morgan fingerprint density at radius 3 is 2.60 bits per heavy atom. The normalized spacial score (nSPS) is 22.3. The van der Waals surface area contributed by atoms with Crippen molar-refractivity contribution in [2.75, 3.05) is 0 Å². The summed E-state index contributed by atoms with van der Waals surface area (Å²) in [6.45, 7) is 1.72. The predicted molar refractivity (Wildman–Crippen MR) is 80.3 cm³/mol. The van der Waals surface area contributed by atoms with Crippen LogP contribution >= 0.6 is 15.9 Å². The minimum atomic E-state index is -0.503. The fraction of sp³-hybridized carbons (Fsp3) is 0.500. The molecule has 1 aliphatic rings. The van der Waals surface area contributed by atoms with E-state index in [2.05, 4.69) is 21.2 Å². The van der Waals surface area contributed by atoms with Crippen LogP contribution in [0.25, 0.3) is 0 Å². The lowest BCUT2D eigenvalue weighted by molar-refractivity contribution is -0.385. The summed E-state index contributed by atoms with van der Waals surface area (Å²) in [5, 5.41) is 14.0. The van der Waals surface area contributed by atoms with Gasteiger partial charge in [0.2, 0.25) is 0 Å². The van der Waals surface area contributed by atoms with Gasteiger partial charge in [-0.2, -0.15) is 0 Å². The smallest absolute Gasteiger partial charge is 0.282 e. The van der Waals surface area contributed by atoms with Crippen molar-refractivity contribution in [1.82, 2.24) is 5.32 Å². The molecule has 0 saturated heterocycles. The average Bonchev–Trinajstić information content (AvgIpc) is 2.40. The molecule has 0 aliphatic heterocycles. The molecule has 0 atom stereocenters. The second-order valence-electron chi connectivity index (χ2n) is 5.15. The van der Waals surface area contributed by atoms with Crippen molar-refractivity contribution in [2.45, 2.75) is 43.5 Å². The number of alkyl halides is 1. The molecule has 5 nitrogen and oxygen atoms in total. The molecule has 20 heavy (non-hydrogen) atoms. The van der Waals surface area contributed by atoms with Gasteiger partial charge in [-0.1, -0.05) is 28.1 Å². The summed E-state index contributed by atoms with van der Waals surface area (Å²) < 4.78 is 0. The fourth-order valence-electron chi connectivity index (χ4n) is 2.55. The van der Waals surface area contributed by atoms with Crippen LogP contribution in [0.15, 0.2) is 18.2 Å². The maximum atomic E-state index is 12.3. The molecule has 1 saturated carbocycles. The highest BCUT2D eigenvalue weighted by molar-refractivity contribution is 9.09. The third-order valence-corrected chi connectivity index (χ3v) is 4.58. The van der Waals surface area contributed by atoms with Gasteiger partial charge in [-0.05, 0) is 38.2 Å². The Kier molecular flexibility index (Phi) is 4.75. The zero-order valence-corrected chi connectivity index (χ0v) is 12.9. The first-order valence-corrected chi connectivity index (χ1v) is 7.59. The van der Waals surface area contributed by atoms with Gasteiger partial charge < -0.3 is 5.32 Å². The lowest BCUT2D eigenvalue weighted by atomic mass is 9.94. The number of nitro benzene ring substituents is 1. The Morgan fingerprint density at radius 2 is 2.00 bits per heavy atom. The highest BCUT2D eigenvalue weighted by atomic mass is 79.9. The summed E-state index contributed by atoms with van der Waals surface area (Å²) in [6.07, 6.45) is 3.84. The average molecular weight is 341 g/mol. The molecule has 0 radical (unpaired) electrons. The summed E-state index contributed by atoms with van der Waals surface area (Å²) in [5.74, 6) is -0.340. The summed E-state index contributed by atoms with van der Waals surface area (Å²) >= 11 is 3.57. The Hall–Kier alpha value is -1.43. The van der Waals surface area contributed by atoms with Gasteiger partial charge in [-0.3, -0.25) is 14.9 Å². The lowest BCUT2D eigenvalue weighted by Gasteiger charge is -2.26. The molecule has 0 bridgehead atoms. The van der Waals surface area contributed by atoms with Crippen LogP contribution in [-0.2, 0) is 0 Å². The van der Waals surface area contributed by atoms with Gasteiger partial charge in [0.05, 0.1) is 4.92 Å². The van der Waals surface area contributed by atoms with Crippen LogP contribution in [0.2, 0.25) is 0 Å². The number of rotatable bonds is 3. The van der Waals surface area contributed by atoms with Crippen molar-refractivity contribution in [3.63, 3.8) is 0 Å². The zero-order valence-electron chi connectivity index (χ0n) is 11.3. The molecule has 1 N–H and O–H groups in total. The SMILES string of the molecule is Cc1cccc([N+](=O)[O-])c1C(=O)NC1CCC(Br)CC1. The molecule has 0 aromatic heterocycles. The second-order valence-corrected chi connectivity index (χ2v) is 6.44. The molecule has 0 spiro atoms. The van der Waals surface area contributed by atoms with E-state index in [1.54, 1.807) is 19.1 Å². The Morgan fingerprint density at radius 1 is 1.35 bits per heavy atom. The Labute approximate surface area is 126 Å². The summed E-state index contributed by atoms with van der Waals surface area (Å²) in [4.78, 5) is 23.4. The zero-order chi connectivity index (χ0) is 14.7. The highest BCUT2D eigenvalue weighted by Crippen LogP contribution is 2.26. The number of amides is 1. The van der Waals surface area contributed by atoms with E-state index in [-0.39, 0.29) is 23.2 Å². The van der Waals surface area contributed by atoms with Crippen molar-refractivity contribution in [3.05, 3.63) is 39.4 Å². The number of nitro groups is 1. The molecule has 1 fully saturated rings. The van der Waals surface area contributed by atoms with Crippen molar-refractivity contribution >= 4 is 27.5 Å². The number of halogens is 1. The number of nitrogens with zero attached hydrogens (tertiary/aromatic N) is 1. The van der Waals surface area contributed by atoms with E-state index in [0.29, 0.717) is 10.4 Å². The highest BCUT2D eigenvalue weighted by Gasteiger charge is 2.26. The Balaban J connectivity index is 2.15. The van der Waals surface area contributed by atoms with E-state index >= 15 is 0 Å². The van der Waals surface area contributed by atoms with Gasteiger partial charge in [-0.25, -0.2) is 0 Å². The molecular formula is C14H17BrN2O3. The number of aryl methyl sites for hydroxylation is 1. The van der Waals surface area contributed by atoms with Crippen LogP contribution in [-0.4, -0.2) is 21.7 Å². The van der Waals surface area contributed by atoms with Crippen molar-refractivity contribution < 1.29 is 9.72 Å². The molecular weight excluding hydrogens is 324 g/mol. The van der Waals surface area contributed by atoms with Gasteiger partial charge in [0, 0.05) is 16.9 Å². The quantitative estimate of drug-likeness (QED) is 0.521. The lowest BCUT2D eigenvalue weighted by Crippen LogP contribution is -2.38. The van der Waals surface area contributed by atoms with Gasteiger partial charge >= 0.3 is 0 Å². The van der Waals surface area contributed by atoms with Crippen LogP contribution in [0.4, 0.5) is 5.69 Å². The minimum Gasteiger partial charge on any atom is -0.349 e. The molecule has 6 heteroatoms. The third kappa shape index (κ3) is 3.36. The predicted octanol–water partition coefficient (Wildman–Crippen LogP) is 3.34. The van der Waals surface area contributed by atoms with Crippen LogP contribution < -0.4 is 5.32 Å². The van der Waals surface area contributed by atoms with Crippen molar-refractivity contribution in [3.8, 4) is 0 Å². The first-order chi connectivity index (χ1) is 9.49. The first kappa shape index (κ1) is 15.0. The number of hydrogen-bond donors (Lipinski definition) is 1. The Bertz CT molecular complexity index is 525. The van der Waals surface area contributed by atoms with Crippen molar-refractivity contribution in [2.24, 2.45) is 0 Å². The van der Waals surface area contributed by atoms with E-state index in [1.807, 2.05) is 0 Å².